The Bertz CT molecular complexity index is 1340. The number of anilines is 1. The molecule has 8 nitrogen and oxygen atoms in total. The predicted molar refractivity (Wildman–Crippen MR) is 137 cm³/mol. The number of sulfonamides is 1. The summed E-state index contributed by atoms with van der Waals surface area (Å²) in [5, 5.41) is 3.56. The molecule has 4 rings (SSSR count). The number of nitrogens with one attached hydrogen (secondary N) is 1. The van der Waals surface area contributed by atoms with Gasteiger partial charge in [0.25, 0.3) is 0 Å². The summed E-state index contributed by atoms with van der Waals surface area (Å²) in [5.41, 5.74) is 1.47. The van der Waals surface area contributed by atoms with E-state index in [4.69, 9.17) is 4.74 Å². The molecule has 1 fully saturated rings. The first-order valence-electron chi connectivity index (χ1n) is 11.6. The molecule has 1 aliphatic heterocycles. The summed E-state index contributed by atoms with van der Waals surface area (Å²) >= 11 is 1.33. The third-order valence-electron chi connectivity index (χ3n) is 5.93. The molecule has 0 radical (unpaired) electrons. The first-order chi connectivity index (χ1) is 16.7. The number of hydrogen-bond acceptors (Lipinski definition) is 8. The molecule has 2 heterocycles. The molecule has 0 aliphatic carbocycles. The fourth-order valence-corrected chi connectivity index (χ4v) is 7.01. The molecular weight excluding hydrogens is 486 g/mol. The van der Waals surface area contributed by atoms with Crippen molar-refractivity contribution in [3.63, 3.8) is 0 Å². The Morgan fingerprint density at radius 3 is 2.57 bits per heavy atom. The van der Waals surface area contributed by atoms with E-state index < -0.39 is 16.0 Å². The number of carbonyl (C=O) groups is 2. The lowest BCUT2D eigenvalue weighted by Gasteiger charge is -2.34. The van der Waals surface area contributed by atoms with Gasteiger partial charge < -0.3 is 10.1 Å². The average molecular weight is 516 g/mol. The van der Waals surface area contributed by atoms with Gasteiger partial charge in [0.05, 0.1) is 33.8 Å². The summed E-state index contributed by atoms with van der Waals surface area (Å²) in [7, 11) is -3.67. The number of carbonyl (C=O) groups excluding carboxylic acids is 2. The predicted octanol–water partition coefficient (Wildman–Crippen LogP) is 4.43. The summed E-state index contributed by atoms with van der Waals surface area (Å²) in [4.78, 5) is 29.4. The SMILES string of the molecule is CCOC(=O)c1ccc2nc(NCC(=O)c3cccc(S(=O)(=O)N4CC(C)CC(C)C4)c3)sc2c1. The van der Waals surface area contributed by atoms with Crippen molar-refractivity contribution in [2.24, 2.45) is 11.8 Å². The Morgan fingerprint density at radius 2 is 1.86 bits per heavy atom. The van der Waals surface area contributed by atoms with Crippen LogP contribution in [0, 0.1) is 11.8 Å². The normalized spacial score (nSPS) is 18.9. The van der Waals surface area contributed by atoms with Gasteiger partial charge in [-0.25, -0.2) is 18.2 Å². The van der Waals surface area contributed by atoms with Crippen LogP contribution in [0.3, 0.4) is 0 Å². The summed E-state index contributed by atoms with van der Waals surface area (Å²) in [6.45, 7) is 7.11. The highest BCUT2D eigenvalue weighted by Gasteiger charge is 2.32. The second kappa shape index (κ2) is 10.4. The zero-order valence-corrected chi connectivity index (χ0v) is 21.6. The molecule has 0 amide bonds. The Kier molecular flexibility index (Phi) is 7.53. The van der Waals surface area contributed by atoms with Crippen molar-refractivity contribution in [2.75, 3.05) is 31.6 Å². The van der Waals surface area contributed by atoms with Gasteiger partial charge in [0.15, 0.2) is 10.9 Å². The van der Waals surface area contributed by atoms with Crippen LogP contribution < -0.4 is 5.32 Å². The molecule has 0 saturated carbocycles. The third-order valence-corrected chi connectivity index (χ3v) is 8.73. The quantitative estimate of drug-likeness (QED) is 0.349. The highest BCUT2D eigenvalue weighted by atomic mass is 32.2. The van der Waals surface area contributed by atoms with Crippen LogP contribution in [0.4, 0.5) is 5.13 Å². The lowest BCUT2D eigenvalue weighted by atomic mass is 9.94. The minimum absolute atomic E-state index is 0.0359. The van der Waals surface area contributed by atoms with Crippen molar-refractivity contribution in [2.45, 2.75) is 32.1 Å². The molecule has 0 spiro atoms. The Morgan fingerprint density at radius 1 is 1.11 bits per heavy atom. The maximum absolute atomic E-state index is 13.2. The second-order valence-electron chi connectivity index (χ2n) is 8.99. The van der Waals surface area contributed by atoms with Crippen molar-refractivity contribution >= 4 is 48.5 Å². The van der Waals surface area contributed by atoms with Crippen LogP contribution in [-0.4, -0.2) is 55.7 Å². The zero-order valence-electron chi connectivity index (χ0n) is 20.0. The number of fused-ring (bicyclic) bond motifs is 1. The number of aromatic nitrogens is 1. The van der Waals surface area contributed by atoms with Gasteiger partial charge in [0.2, 0.25) is 10.0 Å². The molecular formula is C25H29N3O5S2. The van der Waals surface area contributed by atoms with Crippen molar-refractivity contribution < 1.29 is 22.7 Å². The number of benzene rings is 2. The molecule has 35 heavy (non-hydrogen) atoms. The minimum Gasteiger partial charge on any atom is -0.462 e. The van der Waals surface area contributed by atoms with Crippen LogP contribution in [0.1, 0.15) is 47.9 Å². The first-order valence-corrected chi connectivity index (χ1v) is 13.9. The van der Waals surface area contributed by atoms with Gasteiger partial charge in [0, 0.05) is 18.7 Å². The lowest BCUT2D eigenvalue weighted by molar-refractivity contribution is 0.0526. The molecule has 10 heteroatoms. The van der Waals surface area contributed by atoms with Crippen LogP contribution in [0.5, 0.6) is 0 Å². The first kappa shape index (κ1) is 25.3. The number of nitrogens with zero attached hydrogens (tertiary/aromatic N) is 2. The standard InChI is InChI=1S/C25H29N3O5S2/c1-4-33-24(30)19-8-9-21-23(12-19)34-25(27-21)26-13-22(29)18-6-5-7-20(11-18)35(31,32)28-14-16(2)10-17(3)15-28/h5-9,11-12,16-17H,4,10,13-15H2,1-3H3,(H,26,27). The van der Waals surface area contributed by atoms with Crippen molar-refractivity contribution in [3.8, 4) is 0 Å². The molecule has 2 aromatic carbocycles. The lowest BCUT2D eigenvalue weighted by Crippen LogP contribution is -2.42. The highest BCUT2D eigenvalue weighted by molar-refractivity contribution is 7.89. The van der Waals surface area contributed by atoms with E-state index >= 15 is 0 Å². The Hall–Kier alpha value is -2.82. The number of ketones is 1. The van der Waals surface area contributed by atoms with Gasteiger partial charge in [0.1, 0.15) is 0 Å². The largest absolute Gasteiger partial charge is 0.462 e. The fourth-order valence-electron chi connectivity index (χ4n) is 4.38. The Labute approximate surface area is 209 Å². The number of ether oxygens (including phenoxy) is 1. The molecule has 0 bridgehead atoms. The van der Waals surface area contributed by atoms with E-state index in [2.05, 4.69) is 24.1 Å². The Balaban J connectivity index is 1.46. The topological polar surface area (TPSA) is 106 Å². The number of Topliss-reactive ketones (excluding diaryl/α,β-unsaturated/α-hetero) is 1. The van der Waals surface area contributed by atoms with Crippen molar-refractivity contribution in [1.82, 2.24) is 9.29 Å². The fraction of sp³-hybridized carbons (Fsp3) is 0.400. The molecule has 1 saturated heterocycles. The summed E-state index contributed by atoms with van der Waals surface area (Å²) in [5.74, 6) is -0.0425. The van der Waals surface area contributed by atoms with E-state index in [0.717, 1.165) is 11.1 Å². The molecule has 1 aromatic heterocycles. The third kappa shape index (κ3) is 5.71. The van der Waals surface area contributed by atoms with E-state index in [1.807, 2.05) is 0 Å². The number of esters is 1. The van der Waals surface area contributed by atoms with E-state index in [0.29, 0.717) is 53.3 Å². The smallest absolute Gasteiger partial charge is 0.338 e. The van der Waals surface area contributed by atoms with E-state index in [1.54, 1.807) is 37.3 Å². The molecule has 186 valence electrons. The van der Waals surface area contributed by atoms with Gasteiger partial charge in [-0.05, 0) is 55.5 Å². The maximum Gasteiger partial charge on any atom is 0.338 e. The minimum atomic E-state index is -3.67. The summed E-state index contributed by atoms with van der Waals surface area (Å²) in [6, 6.07) is 11.3. The molecule has 3 aromatic rings. The van der Waals surface area contributed by atoms with Crippen LogP contribution in [0.25, 0.3) is 10.2 Å². The molecule has 1 N–H and O–H groups in total. The van der Waals surface area contributed by atoms with Crippen molar-refractivity contribution in [3.05, 3.63) is 53.6 Å². The van der Waals surface area contributed by atoms with Gasteiger partial charge in [-0.3, -0.25) is 4.79 Å². The van der Waals surface area contributed by atoms with Gasteiger partial charge in [-0.2, -0.15) is 4.31 Å². The van der Waals surface area contributed by atoms with Crippen LogP contribution >= 0.6 is 11.3 Å². The van der Waals surface area contributed by atoms with E-state index in [1.165, 1.54) is 27.8 Å². The number of hydrogen-bond donors (Lipinski definition) is 1. The second-order valence-corrected chi connectivity index (χ2v) is 12.0. The zero-order chi connectivity index (χ0) is 25.2. The monoisotopic (exact) mass is 515 g/mol. The van der Waals surface area contributed by atoms with Crippen molar-refractivity contribution in [1.29, 1.82) is 0 Å². The van der Waals surface area contributed by atoms with Gasteiger partial charge in [-0.15, -0.1) is 0 Å². The van der Waals surface area contributed by atoms with E-state index in [-0.39, 0.29) is 17.2 Å². The highest BCUT2D eigenvalue weighted by Crippen LogP contribution is 2.28. The maximum atomic E-state index is 13.2. The number of piperidine rings is 1. The van der Waals surface area contributed by atoms with Crippen LogP contribution in [0.2, 0.25) is 0 Å². The van der Waals surface area contributed by atoms with Gasteiger partial charge >= 0.3 is 5.97 Å². The van der Waals surface area contributed by atoms with E-state index in [9.17, 15) is 18.0 Å². The number of thiazole rings is 1. The molecule has 2 unspecified atom stereocenters. The summed E-state index contributed by atoms with van der Waals surface area (Å²) in [6.07, 6.45) is 1.01. The number of rotatable bonds is 8. The van der Waals surface area contributed by atoms with Gasteiger partial charge in [-0.1, -0.05) is 37.3 Å². The molecule has 2 atom stereocenters. The molecule has 1 aliphatic rings. The average Bonchev–Trinajstić information content (AvgIpc) is 3.24. The van der Waals surface area contributed by atoms with Crippen LogP contribution in [-0.2, 0) is 14.8 Å². The van der Waals surface area contributed by atoms with Crippen LogP contribution in [0.15, 0.2) is 47.4 Å². The summed E-state index contributed by atoms with van der Waals surface area (Å²) < 4.78 is 33.8.